The molecule has 112 valence electrons. The second-order valence-electron chi connectivity index (χ2n) is 4.24. The maximum atomic E-state index is 13.1. The van der Waals surface area contributed by atoms with Crippen molar-refractivity contribution in [2.24, 2.45) is 0 Å². The van der Waals surface area contributed by atoms with E-state index < -0.39 is 23.5 Å². The van der Waals surface area contributed by atoms with Gasteiger partial charge in [0.15, 0.2) is 0 Å². The van der Waals surface area contributed by atoms with Gasteiger partial charge in [0.1, 0.15) is 5.82 Å². The lowest BCUT2D eigenvalue weighted by Gasteiger charge is -2.11. The summed E-state index contributed by atoms with van der Waals surface area (Å²) in [7, 11) is 0. The van der Waals surface area contributed by atoms with Crippen LogP contribution in [0.25, 0.3) is 0 Å². The molecule has 1 rings (SSSR count). The molecule has 0 bridgehead atoms. The minimum atomic E-state index is -4.83. The SMILES string of the molecule is CCC(Cl)CCNC(=O)c1ccc(F)c(C(F)(F)F)c1. The van der Waals surface area contributed by atoms with Crippen LogP contribution in [0.3, 0.4) is 0 Å². The fourth-order valence-corrected chi connectivity index (χ4v) is 1.64. The normalized spacial score (nSPS) is 13.1. The van der Waals surface area contributed by atoms with E-state index in [2.05, 4.69) is 5.32 Å². The first-order valence-electron chi connectivity index (χ1n) is 6.04. The number of carbonyl (C=O) groups is 1. The summed E-state index contributed by atoms with van der Waals surface area (Å²) in [5.74, 6) is -2.09. The van der Waals surface area contributed by atoms with Crippen LogP contribution in [0.1, 0.15) is 35.7 Å². The highest BCUT2D eigenvalue weighted by atomic mass is 35.5. The molecule has 0 aliphatic carbocycles. The van der Waals surface area contributed by atoms with Crippen LogP contribution in [-0.2, 0) is 6.18 Å². The Kier molecular flexibility index (Phi) is 5.80. The molecular weight excluding hydrogens is 298 g/mol. The molecule has 0 aromatic heterocycles. The Morgan fingerprint density at radius 3 is 2.60 bits per heavy atom. The Morgan fingerprint density at radius 1 is 1.40 bits per heavy atom. The molecular formula is C13H14ClF4NO. The molecule has 0 saturated heterocycles. The number of nitrogens with one attached hydrogen (secondary N) is 1. The first-order chi connectivity index (χ1) is 9.25. The van der Waals surface area contributed by atoms with Gasteiger partial charge in [-0.1, -0.05) is 6.92 Å². The summed E-state index contributed by atoms with van der Waals surface area (Å²) in [6.07, 6.45) is -3.59. The van der Waals surface area contributed by atoms with Crippen molar-refractivity contribution in [3.05, 3.63) is 35.1 Å². The fraction of sp³-hybridized carbons (Fsp3) is 0.462. The average Bonchev–Trinajstić information content (AvgIpc) is 2.37. The van der Waals surface area contributed by atoms with E-state index in [0.29, 0.717) is 18.6 Å². The van der Waals surface area contributed by atoms with Crippen molar-refractivity contribution in [3.8, 4) is 0 Å². The van der Waals surface area contributed by atoms with Gasteiger partial charge in [-0.05, 0) is 31.0 Å². The lowest BCUT2D eigenvalue weighted by atomic mass is 10.1. The number of hydrogen-bond acceptors (Lipinski definition) is 1. The number of amides is 1. The van der Waals surface area contributed by atoms with Crippen LogP contribution in [0.4, 0.5) is 17.6 Å². The third-order valence-corrected chi connectivity index (χ3v) is 3.25. The zero-order chi connectivity index (χ0) is 15.3. The van der Waals surface area contributed by atoms with E-state index in [0.717, 1.165) is 12.5 Å². The number of alkyl halides is 4. The molecule has 1 aromatic carbocycles. The van der Waals surface area contributed by atoms with E-state index in [4.69, 9.17) is 11.6 Å². The second kappa shape index (κ2) is 6.92. The standard InChI is InChI=1S/C13H14ClF4NO/c1-2-9(14)5-6-19-12(20)8-3-4-11(15)10(7-8)13(16,17)18/h3-4,7,9H,2,5-6H2,1H3,(H,19,20). The minimum Gasteiger partial charge on any atom is -0.352 e. The van der Waals surface area contributed by atoms with Crippen molar-refractivity contribution in [1.29, 1.82) is 0 Å². The van der Waals surface area contributed by atoms with Gasteiger partial charge < -0.3 is 5.32 Å². The molecule has 0 radical (unpaired) electrons. The van der Waals surface area contributed by atoms with Crippen LogP contribution >= 0.6 is 11.6 Å². The van der Waals surface area contributed by atoms with E-state index in [1.165, 1.54) is 0 Å². The summed E-state index contributed by atoms with van der Waals surface area (Å²) < 4.78 is 50.6. The van der Waals surface area contributed by atoms with E-state index in [9.17, 15) is 22.4 Å². The van der Waals surface area contributed by atoms with Gasteiger partial charge in [0.25, 0.3) is 5.91 Å². The van der Waals surface area contributed by atoms with Gasteiger partial charge >= 0.3 is 6.18 Å². The van der Waals surface area contributed by atoms with Crippen molar-refractivity contribution in [2.75, 3.05) is 6.54 Å². The number of rotatable bonds is 5. The maximum Gasteiger partial charge on any atom is 0.419 e. The zero-order valence-electron chi connectivity index (χ0n) is 10.7. The van der Waals surface area contributed by atoms with Gasteiger partial charge in [-0.25, -0.2) is 4.39 Å². The highest BCUT2D eigenvalue weighted by molar-refractivity contribution is 6.20. The molecule has 1 amide bonds. The molecule has 1 aromatic rings. The maximum absolute atomic E-state index is 13.1. The van der Waals surface area contributed by atoms with Gasteiger partial charge in [-0.15, -0.1) is 11.6 Å². The molecule has 1 atom stereocenters. The van der Waals surface area contributed by atoms with Crippen LogP contribution in [0.5, 0.6) is 0 Å². The van der Waals surface area contributed by atoms with E-state index in [1.807, 2.05) is 6.92 Å². The van der Waals surface area contributed by atoms with E-state index in [-0.39, 0.29) is 17.5 Å². The summed E-state index contributed by atoms with van der Waals surface area (Å²) in [6, 6.07) is 2.15. The van der Waals surface area contributed by atoms with Crippen molar-refractivity contribution < 1.29 is 22.4 Å². The topological polar surface area (TPSA) is 29.1 Å². The van der Waals surface area contributed by atoms with Crippen molar-refractivity contribution in [2.45, 2.75) is 31.3 Å². The third-order valence-electron chi connectivity index (χ3n) is 2.72. The predicted octanol–water partition coefficient (Wildman–Crippen LogP) is 3.98. The van der Waals surface area contributed by atoms with Gasteiger partial charge in [0.2, 0.25) is 0 Å². The Bertz CT molecular complexity index is 476. The molecule has 0 saturated carbocycles. The minimum absolute atomic E-state index is 0.103. The summed E-state index contributed by atoms with van der Waals surface area (Å²) in [6.45, 7) is 2.13. The van der Waals surface area contributed by atoms with Gasteiger partial charge in [0, 0.05) is 17.5 Å². The highest BCUT2D eigenvalue weighted by Gasteiger charge is 2.34. The second-order valence-corrected chi connectivity index (χ2v) is 4.86. The number of halogens is 5. The van der Waals surface area contributed by atoms with Crippen molar-refractivity contribution in [3.63, 3.8) is 0 Å². The Labute approximate surface area is 119 Å². The number of benzene rings is 1. The van der Waals surface area contributed by atoms with E-state index in [1.54, 1.807) is 0 Å². The average molecular weight is 312 g/mol. The Morgan fingerprint density at radius 2 is 2.05 bits per heavy atom. The van der Waals surface area contributed by atoms with Gasteiger partial charge in [-0.3, -0.25) is 4.79 Å². The lowest BCUT2D eigenvalue weighted by molar-refractivity contribution is -0.140. The van der Waals surface area contributed by atoms with Crippen molar-refractivity contribution in [1.82, 2.24) is 5.32 Å². The third kappa shape index (κ3) is 4.67. The summed E-state index contributed by atoms with van der Waals surface area (Å²) in [5.41, 5.74) is -1.68. The first kappa shape index (κ1) is 16.8. The quantitative estimate of drug-likeness (QED) is 0.647. The molecule has 2 nitrogen and oxygen atoms in total. The van der Waals surface area contributed by atoms with Gasteiger partial charge in [-0.2, -0.15) is 13.2 Å². The molecule has 0 fully saturated rings. The highest BCUT2D eigenvalue weighted by Crippen LogP contribution is 2.31. The molecule has 0 aliphatic heterocycles. The smallest absolute Gasteiger partial charge is 0.352 e. The summed E-state index contributed by atoms with van der Waals surface area (Å²) in [4.78, 5) is 11.7. The Balaban J connectivity index is 2.74. The molecule has 0 aliphatic rings. The molecule has 1 unspecified atom stereocenters. The monoisotopic (exact) mass is 311 g/mol. The van der Waals surface area contributed by atoms with Crippen LogP contribution in [0, 0.1) is 5.82 Å². The fourth-order valence-electron chi connectivity index (χ4n) is 1.53. The lowest BCUT2D eigenvalue weighted by Crippen LogP contribution is -2.26. The molecule has 20 heavy (non-hydrogen) atoms. The molecule has 7 heteroatoms. The number of carbonyl (C=O) groups excluding carboxylic acids is 1. The van der Waals surface area contributed by atoms with Crippen molar-refractivity contribution >= 4 is 17.5 Å². The predicted molar refractivity (Wildman–Crippen MR) is 68.3 cm³/mol. The zero-order valence-corrected chi connectivity index (χ0v) is 11.5. The van der Waals surface area contributed by atoms with Crippen LogP contribution in [0.15, 0.2) is 18.2 Å². The largest absolute Gasteiger partial charge is 0.419 e. The first-order valence-corrected chi connectivity index (χ1v) is 6.48. The molecule has 0 heterocycles. The number of hydrogen-bond donors (Lipinski definition) is 1. The van der Waals surface area contributed by atoms with Gasteiger partial charge in [0.05, 0.1) is 5.56 Å². The van der Waals surface area contributed by atoms with Crippen LogP contribution in [0.2, 0.25) is 0 Å². The van der Waals surface area contributed by atoms with Crippen LogP contribution in [-0.4, -0.2) is 17.8 Å². The van der Waals surface area contributed by atoms with E-state index >= 15 is 0 Å². The molecule has 1 N–H and O–H groups in total. The van der Waals surface area contributed by atoms with Crippen LogP contribution < -0.4 is 5.32 Å². The summed E-state index contributed by atoms with van der Waals surface area (Å²) >= 11 is 5.85. The Hall–Kier alpha value is -1.30. The molecule has 0 spiro atoms. The summed E-state index contributed by atoms with van der Waals surface area (Å²) in [5, 5.41) is 2.35.